The van der Waals surface area contributed by atoms with E-state index < -0.39 is 0 Å². The highest BCUT2D eigenvalue weighted by atomic mass is 35.5. The highest BCUT2D eigenvalue weighted by Gasteiger charge is 2.10. The predicted octanol–water partition coefficient (Wildman–Crippen LogP) is 2.33. The van der Waals surface area contributed by atoms with Gasteiger partial charge in [-0.15, -0.1) is 11.6 Å². The largest absolute Gasteiger partial charge is 0.338 e. The van der Waals surface area contributed by atoms with E-state index in [1.165, 1.54) is 0 Å². The molecule has 0 fully saturated rings. The molecule has 0 bridgehead atoms. The van der Waals surface area contributed by atoms with Crippen LogP contribution in [0.1, 0.15) is 5.89 Å². The Morgan fingerprint density at radius 1 is 1.05 bits per heavy atom. The van der Waals surface area contributed by atoms with Gasteiger partial charge in [-0.25, -0.2) is 4.98 Å². The fraction of sp³-hybridized carbons (Fsp3) is 0.0833. The van der Waals surface area contributed by atoms with Crippen LogP contribution in [0.2, 0.25) is 0 Å². The average Bonchev–Trinajstić information content (AvgIpc) is 2.97. The Kier molecular flexibility index (Phi) is 3.16. The molecule has 0 amide bonds. The van der Waals surface area contributed by atoms with Gasteiger partial charge in [0.05, 0.1) is 11.9 Å². The SMILES string of the molecule is ClCc1nc(-c2cccc(-c3cnccn3)n2)no1. The van der Waals surface area contributed by atoms with Gasteiger partial charge in [0.25, 0.3) is 0 Å². The van der Waals surface area contributed by atoms with E-state index in [0.29, 0.717) is 28.8 Å². The molecule has 0 N–H and O–H groups in total. The van der Waals surface area contributed by atoms with E-state index in [4.69, 9.17) is 16.1 Å². The van der Waals surface area contributed by atoms with Crippen molar-refractivity contribution in [3.8, 4) is 22.9 Å². The van der Waals surface area contributed by atoms with Crippen LogP contribution in [0, 0.1) is 0 Å². The minimum atomic E-state index is 0.177. The third-order valence-electron chi connectivity index (χ3n) is 2.39. The first-order valence-corrected chi connectivity index (χ1v) is 6.02. The maximum absolute atomic E-state index is 5.62. The monoisotopic (exact) mass is 273 g/mol. The molecule has 3 rings (SSSR count). The molecule has 0 aliphatic rings. The summed E-state index contributed by atoms with van der Waals surface area (Å²) in [6.07, 6.45) is 4.87. The number of alkyl halides is 1. The lowest BCUT2D eigenvalue weighted by Crippen LogP contribution is -1.91. The lowest BCUT2D eigenvalue weighted by atomic mass is 10.2. The smallest absolute Gasteiger partial charge is 0.241 e. The Morgan fingerprint density at radius 2 is 1.95 bits per heavy atom. The van der Waals surface area contributed by atoms with Crippen molar-refractivity contribution >= 4 is 11.6 Å². The standard InChI is InChI=1S/C12H8ClN5O/c13-6-11-17-12(18-19-11)9-3-1-2-8(16-9)10-7-14-4-5-15-10/h1-5,7H,6H2. The van der Waals surface area contributed by atoms with Gasteiger partial charge >= 0.3 is 0 Å². The van der Waals surface area contributed by atoms with Crippen molar-refractivity contribution < 1.29 is 4.52 Å². The fourth-order valence-electron chi connectivity index (χ4n) is 1.55. The van der Waals surface area contributed by atoms with Gasteiger partial charge < -0.3 is 4.52 Å². The molecule has 0 unspecified atom stereocenters. The van der Waals surface area contributed by atoms with Crippen LogP contribution in [0.5, 0.6) is 0 Å². The normalized spacial score (nSPS) is 10.6. The zero-order valence-corrected chi connectivity index (χ0v) is 10.4. The Labute approximate surface area is 113 Å². The van der Waals surface area contributed by atoms with Crippen molar-refractivity contribution in [3.05, 3.63) is 42.7 Å². The van der Waals surface area contributed by atoms with Gasteiger partial charge in [-0.3, -0.25) is 9.97 Å². The van der Waals surface area contributed by atoms with Crippen LogP contribution in [0.25, 0.3) is 22.9 Å². The minimum absolute atomic E-state index is 0.177. The molecular formula is C12H8ClN5O. The van der Waals surface area contributed by atoms with E-state index in [1.54, 1.807) is 24.7 Å². The van der Waals surface area contributed by atoms with Gasteiger partial charge in [-0.2, -0.15) is 4.98 Å². The van der Waals surface area contributed by atoms with Crippen LogP contribution in [-0.2, 0) is 5.88 Å². The number of pyridine rings is 1. The molecule has 3 aromatic rings. The Balaban J connectivity index is 2.00. The summed E-state index contributed by atoms with van der Waals surface area (Å²) in [5, 5.41) is 3.82. The first kappa shape index (κ1) is 11.7. The number of rotatable bonds is 3. The van der Waals surface area contributed by atoms with Crippen LogP contribution in [0.15, 0.2) is 41.3 Å². The maximum Gasteiger partial charge on any atom is 0.241 e. The quantitative estimate of drug-likeness (QED) is 0.682. The van der Waals surface area contributed by atoms with E-state index in [2.05, 4.69) is 25.1 Å². The van der Waals surface area contributed by atoms with Crippen molar-refractivity contribution in [2.24, 2.45) is 0 Å². The van der Waals surface area contributed by atoms with E-state index in [-0.39, 0.29) is 5.88 Å². The molecule has 0 saturated carbocycles. The number of hydrogen-bond donors (Lipinski definition) is 0. The summed E-state index contributed by atoms with van der Waals surface area (Å²) in [5.74, 6) is 0.946. The molecule has 19 heavy (non-hydrogen) atoms. The Hall–Kier alpha value is -2.34. The molecule has 94 valence electrons. The second-order valence-corrected chi connectivity index (χ2v) is 3.91. The highest BCUT2D eigenvalue weighted by molar-refractivity contribution is 6.16. The molecule has 0 radical (unpaired) electrons. The van der Waals surface area contributed by atoms with E-state index in [9.17, 15) is 0 Å². The number of nitrogens with zero attached hydrogens (tertiary/aromatic N) is 5. The molecule has 6 nitrogen and oxygen atoms in total. The van der Waals surface area contributed by atoms with Crippen molar-refractivity contribution in [1.29, 1.82) is 0 Å². The molecule has 0 aliphatic heterocycles. The number of hydrogen-bond acceptors (Lipinski definition) is 6. The number of aromatic nitrogens is 5. The van der Waals surface area contributed by atoms with Crippen LogP contribution in [0.4, 0.5) is 0 Å². The van der Waals surface area contributed by atoms with Crippen molar-refractivity contribution in [2.75, 3.05) is 0 Å². The van der Waals surface area contributed by atoms with Gasteiger partial charge in [0, 0.05) is 12.4 Å². The zero-order valence-electron chi connectivity index (χ0n) is 9.69. The lowest BCUT2D eigenvalue weighted by Gasteiger charge is -2.00. The topological polar surface area (TPSA) is 77.6 Å². The van der Waals surface area contributed by atoms with Crippen LogP contribution >= 0.6 is 11.6 Å². The lowest BCUT2D eigenvalue weighted by molar-refractivity contribution is 0.391. The van der Waals surface area contributed by atoms with Crippen LogP contribution in [0.3, 0.4) is 0 Å². The average molecular weight is 274 g/mol. The van der Waals surface area contributed by atoms with E-state index in [0.717, 1.165) is 0 Å². The van der Waals surface area contributed by atoms with Crippen molar-refractivity contribution in [2.45, 2.75) is 5.88 Å². The summed E-state index contributed by atoms with van der Waals surface area (Å²) in [7, 11) is 0. The summed E-state index contributed by atoms with van der Waals surface area (Å²) in [5.41, 5.74) is 1.98. The van der Waals surface area contributed by atoms with Gasteiger partial charge in [0.2, 0.25) is 11.7 Å². The highest BCUT2D eigenvalue weighted by Crippen LogP contribution is 2.18. The molecule has 7 heteroatoms. The molecule has 3 heterocycles. The fourth-order valence-corrected chi connectivity index (χ4v) is 1.65. The zero-order chi connectivity index (χ0) is 13.1. The van der Waals surface area contributed by atoms with Crippen LogP contribution in [-0.4, -0.2) is 25.1 Å². The van der Waals surface area contributed by atoms with Gasteiger partial charge in [-0.1, -0.05) is 11.2 Å². The molecule has 0 saturated heterocycles. The summed E-state index contributed by atoms with van der Waals surface area (Å²) < 4.78 is 4.95. The first-order chi connectivity index (χ1) is 9.36. The molecule has 0 aliphatic carbocycles. The predicted molar refractivity (Wildman–Crippen MR) is 68.1 cm³/mol. The molecular weight excluding hydrogens is 266 g/mol. The summed E-state index contributed by atoms with van der Waals surface area (Å²) in [6.45, 7) is 0. The second kappa shape index (κ2) is 5.11. The van der Waals surface area contributed by atoms with E-state index >= 15 is 0 Å². The maximum atomic E-state index is 5.62. The van der Waals surface area contributed by atoms with E-state index in [1.807, 2.05) is 12.1 Å². The van der Waals surface area contributed by atoms with Gasteiger partial charge in [0.15, 0.2) is 0 Å². The second-order valence-electron chi connectivity index (χ2n) is 3.64. The Bertz CT molecular complexity index is 685. The molecule has 3 aromatic heterocycles. The molecule has 0 aromatic carbocycles. The van der Waals surface area contributed by atoms with Crippen molar-refractivity contribution in [1.82, 2.24) is 25.1 Å². The van der Waals surface area contributed by atoms with Gasteiger partial charge in [0.1, 0.15) is 17.3 Å². The van der Waals surface area contributed by atoms with Crippen LogP contribution < -0.4 is 0 Å². The summed E-state index contributed by atoms with van der Waals surface area (Å²) in [6, 6.07) is 5.49. The minimum Gasteiger partial charge on any atom is -0.338 e. The third-order valence-corrected chi connectivity index (χ3v) is 2.61. The van der Waals surface area contributed by atoms with Gasteiger partial charge in [-0.05, 0) is 12.1 Å². The summed E-state index contributed by atoms with van der Waals surface area (Å²) >= 11 is 5.62. The van der Waals surface area contributed by atoms with Crippen molar-refractivity contribution in [3.63, 3.8) is 0 Å². The molecule has 0 atom stereocenters. The Morgan fingerprint density at radius 3 is 2.68 bits per heavy atom. The first-order valence-electron chi connectivity index (χ1n) is 5.49. The summed E-state index contributed by atoms with van der Waals surface area (Å²) in [4.78, 5) is 16.8. The molecule has 0 spiro atoms. The number of halogens is 1. The third kappa shape index (κ3) is 2.43.